The number of nitriles is 1. The molecule has 0 aromatic carbocycles. The average Bonchev–Trinajstić information content (AvgIpc) is 2.05. The summed E-state index contributed by atoms with van der Waals surface area (Å²) >= 11 is 0. The summed E-state index contributed by atoms with van der Waals surface area (Å²) in [5.74, 6) is 0.384. The Kier molecular flexibility index (Phi) is 4.36. The topological polar surface area (TPSA) is 49.8 Å². The van der Waals surface area contributed by atoms with Gasteiger partial charge in [0.25, 0.3) is 0 Å². The molecule has 11 heavy (non-hydrogen) atoms. The maximum Gasteiger partial charge on any atom is 0.0962 e. The number of hydrogen-bond donors (Lipinski definition) is 1. The number of nitrogens with zero attached hydrogens (tertiary/aromatic N) is 1. The summed E-state index contributed by atoms with van der Waals surface area (Å²) in [6, 6.07) is 2.07. The van der Waals surface area contributed by atoms with Crippen LogP contribution in [0.5, 0.6) is 0 Å². The standard InChI is InChI=1S/C9H16N2/c1-4-8(5-2)9(11)7(3)6-10/h8H,4-5,11H2,1-3H3. The van der Waals surface area contributed by atoms with Gasteiger partial charge in [-0.15, -0.1) is 0 Å². The van der Waals surface area contributed by atoms with Crippen LogP contribution in [0.25, 0.3) is 0 Å². The fourth-order valence-electron chi connectivity index (χ4n) is 1.10. The lowest BCUT2D eigenvalue weighted by molar-refractivity contribution is 0.562. The van der Waals surface area contributed by atoms with E-state index in [4.69, 9.17) is 11.0 Å². The minimum absolute atomic E-state index is 0.384. The van der Waals surface area contributed by atoms with Crippen molar-refractivity contribution in [1.82, 2.24) is 0 Å². The Morgan fingerprint density at radius 3 is 2.18 bits per heavy atom. The Morgan fingerprint density at radius 1 is 1.45 bits per heavy atom. The van der Waals surface area contributed by atoms with Gasteiger partial charge >= 0.3 is 0 Å². The SMILES string of the molecule is CCC(CC)C(N)=C(C)C#N. The summed E-state index contributed by atoms with van der Waals surface area (Å²) < 4.78 is 0. The largest absolute Gasteiger partial charge is 0.401 e. The first-order chi connectivity index (χ1) is 5.17. The Hall–Kier alpha value is -0.970. The molecule has 0 rings (SSSR count). The normalized spacial score (nSPS) is 12.6. The maximum atomic E-state index is 8.56. The van der Waals surface area contributed by atoms with Crippen molar-refractivity contribution < 1.29 is 0 Å². The predicted molar refractivity (Wildman–Crippen MR) is 46.6 cm³/mol. The molecule has 0 aliphatic rings. The van der Waals surface area contributed by atoms with Gasteiger partial charge < -0.3 is 5.73 Å². The molecule has 0 fully saturated rings. The van der Waals surface area contributed by atoms with Gasteiger partial charge in [0.1, 0.15) is 0 Å². The molecule has 0 bridgehead atoms. The zero-order valence-electron chi connectivity index (χ0n) is 7.52. The molecule has 0 aliphatic heterocycles. The van der Waals surface area contributed by atoms with E-state index in [-0.39, 0.29) is 0 Å². The van der Waals surface area contributed by atoms with Crippen molar-refractivity contribution in [3.63, 3.8) is 0 Å². The Balaban J connectivity index is 4.45. The molecule has 0 aromatic heterocycles. The van der Waals surface area contributed by atoms with Gasteiger partial charge in [0.05, 0.1) is 6.07 Å². The zero-order valence-corrected chi connectivity index (χ0v) is 7.52. The second kappa shape index (κ2) is 4.79. The van der Waals surface area contributed by atoms with Crippen LogP contribution in [0, 0.1) is 17.2 Å². The van der Waals surface area contributed by atoms with Gasteiger partial charge in [-0.25, -0.2) is 0 Å². The Morgan fingerprint density at radius 2 is 1.91 bits per heavy atom. The van der Waals surface area contributed by atoms with Crippen molar-refractivity contribution in [2.45, 2.75) is 33.6 Å². The Labute approximate surface area is 68.7 Å². The van der Waals surface area contributed by atoms with Crippen LogP contribution in [0.15, 0.2) is 11.3 Å². The van der Waals surface area contributed by atoms with Crippen LogP contribution in [-0.4, -0.2) is 0 Å². The van der Waals surface area contributed by atoms with Gasteiger partial charge in [-0.05, 0) is 25.7 Å². The van der Waals surface area contributed by atoms with Crippen LogP contribution in [0.4, 0.5) is 0 Å². The van der Waals surface area contributed by atoms with E-state index >= 15 is 0 Å². The lowest BCUT2D eigenvalue weighted by Gasteiger charge is -2.12. The number of nitrogens with two attached hydrogens (primary N) is 1. The van der Waals surface area contributed by atoms with E-state index in [0.29, 0.717) is 11.5 Å². The molecule has 0 aliphatic carbocycles. The van der Waals surface area contributed by atoms with Crippen molar-refractivity contribution in [3.8, 4) is 6.07 Å². The molecule has 2 N–H and O–H groups in total. The summed E-state index contributed by atoms with van der Waals surface area (Å²) in [7, 11) is 0. The van der Waals surface area contributed by atoms with E-state index in [1.165, 1.54) is 0 Å². The van der Waals surface area contributed by atoms with Crippen molar-refractivity contribution in [2.24, 2.45) is 11.7 Å². The highest BCUT2D eigenvalue weighted by atomic mass is 14.6. The summed E-state index contributed by atoms with van der Waals surface area (Å²) in [5.41, 5.74) is 7.18. The third-order valence-electron chi connectivity index (χ3n) is 2.03. The monoisotopic (exact) mass is 152 g/mol. The smallest absolute Gasteiger partial charge is 0.0962 e. The fraction of sp³-hybridized carbons (Fsp3) is 0.667. The van der Waals surface area contributed by atoms with E-state index in [1.807, 2.05) is 0 Å². The average molecular weight is 152 g/mol. The molecule has 2 heteroatoms. The van der Waals surface area contributed by atoms with Crippen LogP contribution < -0.4 is 5.73 Å². The minimum Gasteiger partial charge on any atom is -0.401 e. The Bertz CT molecular complexity index is 182. The van der Waals surface area contributed by atoms with E-state index in [0.717, 1.165) is 18.5 Å². The van der Waals surface area contributed by atoms with E-state index in [2.05, 4.69) is 19.9 Å². The molecule has 0 heterocycles. The molecule has 0 spiro atoms. The highest BCUT2D eigenvalue weighted by molar-refractivity contribution is 5.24. The molecule has 0 saturated heterocycles. The molecule has 0 amide bonds. The summed E-state index contributed by atoms with van der Waals surface area (Å²) in [6.07, 6.45) is 2.03. The van der Waals surface area contributed by atoms with Crippen molar-refractivity contribution in [3.05, 3.63) is 11.3 Å². The van der Waals surface area contributed by atoms with Gasteiger partial charge in [0.2, 0.25) is 0 Å². The first-order valence-corrected chi connectivity index (χ1v) is 4.03. The first kappa shape index (κ1) is 10.0. The molecular formula is C9H16N2. The van der Waals surface area contributed by atoms with Crippen LogP contribution in [0.1, 0.15) is 33.6 Å². The molecule has 0 radical (unpaired) electrons. The molecular weight excluding hydrogens is 136 g/mol. The second-order valence-corrected chi connectivity index (χ2v) is 2.71. The van der Waals surface area contributed by atoms with E-state index < -0.39 is 0 Å². The van der Waals surface area contributed by atoms with Crippen LogP contribution in [0.3, 0.4) is 0 Å². The lowest BCUT2D eigenvalue weighted by atomic mass is 9.97. The summed E-state index contributed by atoms with van der Waals surface area (Å²) in [5, 5.41) is 8.56. The van der Waals surface area contributed by atoms with E-state index in [1.54, 1.807) is 6.92 Å². The number of rotatable bonds is 3. The first-order valence-electron chi connectivity index (χ1n) is 4.03. The third-order valence-corrected chi connectivity index (χ3v) is 2.03. The van der Waals surface area contributed by atoms with Gasteiger partial charge in [0, 0.05) is 11.3 Å². The van der Waals surface area contributed by atoms with Crippen LogP contribution in [-0.2, 0) is 0 Å². The quantitative estimate of drug-likeness (QED) is 0.630. The number of hydrogen-bond acceptors (Lipinski definition) is 2. The molecule has 0 saturated carbocycles. The van der Waals surface area contributed by atoms with Crippen LogP contribution in [0.2, 0.25) is 0 Å². The number of allylic oxidation sites excluding steroid dienone is 2. The zero-order chi connectivity index (χ0) is 8.85. The molecule has 2 nitrogen and oxygen atoms in total. The molecule has 0 aromatic rings. The molecule has 0 unspecified atom stereocenters. The van der Waals surface area contributed by atoms with Crippen molar-refractivity contribution in [2.75, 3.05) is 0 Å². The third kappa shape index (κ3) is 2.63. The minimum atomic E-state index is 0.384. The van der Waals surface area contributed by atoms with E-state index in [9.17, 15) is 0 Å². The summed E-state index contributed by atoms with van der Waals surface area (Å²) in [6.45, 7) is 5.95. The van der Waals surface area contributed by atoms with Crippen molar-refractivity contribution >= 4 is 0 Å². The van der Waals surface area contributed by atoms with Crippen molar-refractivity contribution in [1.29, 1.82) is 5.26 Å². The highest BCUT2D eigenvalue weighted by Gasteiger charge is 2.08. The lowest BCUT2D eigenvalue weighted by Crippen LogP contribution is -2.12. The summed E-state index contributed by atoms with van der Waals surface area (Å²) in [4.78, 5) is 0. The second-order valence-electron chi connectivity index (χ2n) is 2.71. The maximum absolute atomic E-state index is 8.56. The molecule has 0 atom stereocenters. The predicted octanol–water partition coefficient (Wildman–Crippen LogP) is 2.18. The van der Waals surface area contributed by atoms with Gasteiger partial charge in [-0.2, -0.15) is 5.26 Å². The highest BCUT2D eigenvalue weighted by Crippen LogP contribution is 2.16. The van der Waals surface area contributed by atoms with Gasteiger partial charge in [-0.3, -0.25) is 0 Å². The molecule has 62 valence electrons. The van der Waals surface area contributed by atoms with Gasteiger partial charge in [-0.1, -0.05) is 13.8 Å². The fourth-order valence-corrected chi connectivity index (χ4v) is 1.10. The van der Waals surface area contributed by atoms with Crippen LogP contribution >= 0.6 is 0 Å². The van der Waals surface area contributed by atoms with Gasteiger partial charge in [0.15, 0.2) is 0 Å².